The van der Waals surface area contributed by atoms with Gasteiger partial charge in [0.2, 0.25) is 0 Å². The van der Waals surface area contributed by atoms with Gasteiger partial charge in [0.15, 0.2) is 0 Å². The summed E-state index contributed by atoms with van der Waals surface area (Å²) in [6.07, 6.45) is 1.19. The summed E-state index contributed by atoms with van der Waals surface area (Å²) in [7, 11) is 0. The average Bonchev–Trinajstić information content (AvgIpc) is 2.38. The Kier molecular flexibility index (Phi) is 12.8. The molecule has 8 heteroatoms. The SMILES string of the molecule is CC(OC=O)c1cn[nH]n1.O.[Li+].[OH-]. The molecule has 0 aliphatic heterocycles. The Bertz CT molecular complexity index is 206. The van der Waals surface area contributed by atoms with Gasteiger partial charge >= 0.3 is 18.9 Å². The van der Waals surface area contributed by atoms with Crippen molar-refractivity contribution in [1.29, 1.82) is 0 Å². The second-order valence-electron chi connectivity index (χ2n) is 1.77. The van der Waals surface area contributed by atoms with Gasteiger partial charge in [-0.25, -0.2) is 0 Å². The molecule has 0 saturated carbocycles. The first-order valence-corrected chi connectivity index (χ1v) is 2.79. The van der Waals surface area contributed by atoms with Crippen LogP contribution in [0, 0.1) is 0 Å². The van der Waals surface area contributed by atoms with Crippen molar-refractivity contribution in [1.82, 2.24) is 15.4 Å². The normalized spacial score (nSPS) is 9.62. The van der Waals surface area contributed by atoms with Gasteiger partial charge in [0.1, 0.15) is 11.8 Å². The van der Waals surface area contributed by atoms with E-state index in [4.69, 9.17) is 0 Å². The van der Waals surface area contributed by atoms with Crippen molar-refractivity contribution in [2.24, 2.45) is 0 Å². The molecule has 1 heterocycles. The van der Waals surface area contributed by atoms with Crippen LogP contribution >= 0.6 is 0 Å². The van der Waals surface area contributed by atoms with E-state index in [1.165, 1.54) is 6.20 Å². The number of carbonyl (C=O) groups excluding carboxylic acids is 1. The third-order valence-electron chi connectivity index (χ3n) is 1.11. The first kappa shape index (κ1) is 18.0. The smallest absolute Gasteiger partial charge is 0.870 e. The van der Waals surface area contributed by atoms with E-state index in [9.17, 15) is 4.79 Å². The Morgan fingerprint density at radius 3 is 2.69 bits per heavy atom. The van der Waals surface area contributed by atoms with Gasteiger partial charge in [-0.05, 0) is 6.92 Å². The molecule has 1 atom stereocenters. The van der Waals surface area contributed by atoms with E-state index in [-0.39, 0.29) is 35.9 Å². The molecule has 13 heavy (non-hydrogen) atoms. The molecule has 0 spiro atoms. The summed E-state index contributed by atoms with van der Waals surface area (Å²) in [5.74, 6) is 0. The first-order valence-electron chi connectivity index (χ1n) is 2.79. The zero-order valence-corrected chi connectivity index (χ0v) is 7.39. The van der Waals surface area contributed by atoms with E-state index in [0.717, 1.165) is 0 Å². The van der Waals surface area contributed by atoms with E-state index in [0.29, 0.717) is 12.2 Å². The van der Waals surface area contributed by atoms with E-state index in [1.54, 1.807) is 6.92 Å². The maximum absolute atomic E-state index is 9.83. The fourth-order valence-electron chi connectivity index (χ4n) is 0.559. The molecule has 70 valence electrons. The zero-order valence-electron chi connectivity index (χ0n) is 7.39. The van der Waals surface area contributed by atoms with E-state index in [2.05, 4.69) is 20.1 Å². The van der Waals surface area contributed by atoms with Crippen molar-refractivity contribution in [3.05, 3.63) is 11.9 Å². The molecular weight excluding hydrogens is 173 g/mol. The van der Waals surface area contributed by atoms with Gasteiger partial charge in [-0.2, -0.15) is 15.4 Å². The minimum atomic E-state index is -0.323. The predicted octanol–water partition coefficient (Wildman–Crippen LogP) is -3.96. The minimum absolute atomic E-state index is 0. The number of ether oxygens (including phenoxy) is 1. The molecular formula is C5H10LiN3O4. The summed E-state index contributed by atoms with van der Waals surface area (Å²) in [6.45, 7) is 2.10. The van der Waals surface area contributed by atoms with Crippen LogP contribution in [0.3, 0.4) is 0 Å². The monoisotopic (exact) mass is 183 g/mol. The van der Waals surface area contributed by atoms with Gasteiger partial charge < -0.3 is 15.7 Å². The maximum atomic E-state index is 9.83. The molecule has 1 rings (SSSR count). The minimum Gasteiger partial charge on any atom is -0.870 e. The quantitative estimate of drug-likeness (QED) is 0.377. The molecule has 1 aromatic heterocycles. The largest absolute Gasteiger partial charge is 1.00 e. The molecule has 0 bridgehead atoms. The topological polar surface area (TPSA) is 129 Å². The first-order chi connectivity index (χ1) is 4.84. The van der Waals surface area contributed by atoms with Crippen LogP contribution in [0.1, 0.15) is 18.7 Å². The Labute approximate surface area is 86.6 Å². The summed E-state index contributed by atoms with van der Waals surface area (Å²) >= 11 is 0. The Hall–Kier alpha value is -0.873. The fraction of sp³-hybridized carbons (Fsp3) is 0.400. The van der Waals surface area contributed by atoms with Gasteiger partial charge in [-0.3, -0.25) is 4.79 Å². The van der Waals surface area contributed by atoms with E-state index >= 15 is 0 Å². The molecule has 1 aromatic rings. The molecule has 7 nitrogen and oxygen atoms in total. The van der Waals surface area contributed by atoms with Gasteiger partial charge in [0.05, 0.1) is 6.20 Å². The average molecular weight is 183 g/mol. The maximum Gasteiger partial charge on any atom is 1.00 e. The standard InChI is InChI=1S/C5H7N3O2.Li.2H2O/c1-4(10-3-9)5-2-6-8-7-5;;;/h2-4H,1H3,(H,6,7,8);;2*1H2/q;+1;;/p-1. The number of rotatable bonds is 3. The van der Waals surface area contributed by atoms with Crippen LogP contribution in [0.25, 0.3) is 0 Å². The number of nitrogens with zero attached hydrogens (tertiary/aromatic N) is 2. The van der Waals surface area contributed by atoms with Gasteiger partial charge in [-0.15, -0.1) is 0 Å². The predicted molar refractivity (Wildman–Crippen MR) is 37.5 cm³/mol. The Balaban J connectivity index is -0.000000333. The summed E-state index contributed by atoms with van der Waals surface area (Å²) < 4.78 is 4.58. The molecule has 0 aliphatic rings. The Morgan fingerprint density at radius 2 is 2.31 bits per heavy atom. The van der Waals surface area contributed by atoms with Crippen molar-refractivity contribution in [2.75, 3.05) is 0 Å². The van der Waals surface area contributed by atoms with Crippen molar-refractivity contribution in [3.8, 4) is 0 Å². The van der Waals surface area contributed by atoms with Crippen molar-refractivity contribution < 1.29 is 39.3 Å². The molecule has 0 aromatic carbocycles. The van der Waals surface area contributed by atoms with Crippen LogP contribution in [0.2, 0.25) is 0 Å². The van der Waals surface area contributed by atoms with Crippen molar-refractivity contribution in [3.63, 3.8) is 0 Å². The second kappa shape index (κ2) is 9.22. The number of H-pyrrole nitrogens is 1. The van der Waals surface area contributed by atoms with Crippen LogP contribution in [-0.2, 0) is 9.53 Å². The van der Waals surface area contributed by atoms with Crippen molar-refractivity contribution in [2.45, 2.75) is 13.0 Å². The summed E-state index contributed by atoms with van der Waals surface area (Å²) in [4.78, 5) is 9.83. The molecule has 1 unspecified atom stereocenters. The molecule has 0 aliphatic carbocycles. The van der Waals surface area contributed by atoms with Gasteiger partial charge in [0, 0.05) is 0 Å². The van der Waals surface area contributed by atoms with Crippen LogP contribution in [0.5, 0.6) is 0 Å². The second-order valence-corrected chi connectivity index (χ2v) is 1.77. The number of aromatic nitrogens is 3. The number of hydrogen-bond acceptors (Lipinski definition) is 5. The van der Waals surface area contributed by atoms with Crippen LogP contribution in [0.15, 0.2) is 6.20 Å². The summed E-state index contributed by atoms with van der Waals surface area (Å²) in [5.41, 5.74) is 0.618. The molecule has 4 N–H and O–H groups in total. The summed E-state index contributed by atoms with van der Waals surface area (Å²) in [6, 6.07) is 0. The van der Waals surface area contributed by atoms with E-state index < -0.39 is 0 Å². The molecule has 0 amide bonds. The molecule has 0 radical (unpaired) electrons. The zero-order chi connectivity index (χ0) is 7.40. The Morgan fingerprint density at radius 1 is 1.69 bits per heavy atom. The molecule has 0 fully saturated rings. The van der Waals surface area contributed by atoms with Crippen LogP contribution < -0.4 is 18.9 Å². The van der Waals surface area contributed by atoms with Gasteiger partial charge in [-0.1, -0.05) is 0 Å². The van der Waals surface area contributed by atoms with Crippen molar-refractivity contribution >= 4 is 6.47 Å². The number of nitrogens with one attached hydrogen (secondary N) is 1. The summed E-state index contributed by atoms with van der Waals surface area (Å²) in [5, 5.41) is 9.68. The number of aromatic amines is 1. The third-order valence-corrected chi connectivity index (χ3v) is 1.11. The van der Waals surface area contributed by atoms with Crippen LogP contribution in [0.4, 0.5) is 0 Å². The van der Waals surface area contributed by atoms with Gasteiger partial charge in [0.25, 0.3) is 6.47 Å². The number of hydrogen-bond donors (Lipinski definition) is 1. The van der Waals surface area contributed by atoms with E-state index in [1.807, 2.05) is 0 Å². The fourth-order valence-corrected chi connectivity index (χ4v) is 0.559. The number of carbonyl (C=O) groups is 1. The third kappa shape index (κ3) is 5.38. The van der Waals surface area contributed by atoms with Crippen LogP contribution in [-0.4, -0.2) is 32.8 Å². The molecule has 0 saturated heterocycles.